The zero-order valence-corrected chi connectivity index (χ0v) is 28.4. The summed E-state index contributed by atoms with van der Waals surface area (Å²) in [6, 6.07) is 10.3. The van der Waals surface area contributed by atoms with Gasteiger partial charge in [0.1, 0.15) is 0 Å². The van der Waals surface area contributed by atoms with Gasteiger partial charge in [0.2, 0.25) is 0 Å². The van der Waals surface area contributed by atoms with Crippen LogP contribution in [0.2, 0.25) is 0 Å². The number of alkyl halides is 6. The van der Waals surface area contributed by atoms with Crippen LogP contribution < -0.4 is 10.6 Å². The molecule has 0 radical (unpaired) electrons. The van der Waals surface area contributed by atoms with Gasteiger partial charge < -0.3 is 0 Å². The Balaban J connectivity index is 1.58. The molecule has 0 nitrogen and oxygen atoms in total. The standard InChI is InChI=1S/C36H44F6P2/c1-9-30(32-21(2)27-20-29(32)28-18-22(27)19-31(28)44(33(3,4)5)34(6,7)8)43(25-14-10-23(11-15-25)35(37,38)39)26-16-12-24(13-17-26)36(40,41)42/h1,10-17,21-22,27-32H,18-20H2,2-8H3/t21-,22?,27?,28?,29?,30-,31+,32-/m1/s1. The highest BCUT2D eigenvalue weighted by Crippen LogP contribution is 2.74. The van der Waals surface area contributed by atoms with Crippen LogP contribution in [0.15, 0.2) is 48.5 Å². The molecule has 240 valence electrons. The predicted molar refractivity (Wildman–Crippen MR) is 172 cm³/mol. The van der Waals surface area contributed by atoms with E-state index in [0.717, 1.165) is 30.7 Å². The molecular formula is C36H44F6P2. The number of hydrogen-bond donors (Lipinski definition) is 0. The van der Waals surface area contributed by atoms with Crippen LogP contribution >= 0.6 is 15.8 Å². The van der Waals surface area contributed by atoms with E-state index in [-0.39, 0.29) is 29.8 Å². The smallest absolute Gasteiger partial charge is 0.166 e. The van der Waals surface area contributed by atoms with Gasteiger partial charge >= 0.3 is 12.4 Å². The van der Waals surface area contributed by atoms with E-state index in [9.17, 15) is 26.3 Å². The van der Waals surface area contributed by atoms with Crippen LogP contribution in [0.3, 0.4) is 0 Å². The van der Waals surface area contributed by atoms with Crippen molar-refractivity contribution < 1.29 is 26.3 Å². The zero-order chi connectivity index (χ0) is 32.6. The summed E-state index contributed by atoms with van der Waals surface area (Å²) in [5.41, 5.74) is -1.16. The van der Waals surface area contributed by atoms with Crippen molar-refractivity contribution >= 4 is 26.5 Å². The van der Waals surface area contributed by atoms with Crippen molar-refractivity contribution in [1.82, 2.24) is 0 Å². The van der Waals surface area contributed by atoms with Crippen molar-refractivity contribution in [3.05, 3.63) is 59.7 Å². The van der Waals surface area contributed by atoms with Gasteiger partial charge in [-0.2, -0.15) is 26.3 Å². The summed E-state index contributed by atoms with van der Waals surface area (Å²) in [5, 5.41) is 1.74. The maximum atomic E-state index is 13.5. The van der Waals surface area contributed by atoms with Crippen molar-refractivity contribution in [2.45, 2.75) is 102 Å². The average Bonchev–Trinajstić information content (AvgIpc) is 3.38. The molecule has 2 aromatic rings. The number of halogens is 6. The van der Waals surface area contributed by atoms with Gasteiger partial charge in [-0.05, 0) is 114 Å². The molecule has 3 aliphatic carbocycles. The highest BCUT2D eigenvalue weighted by atomic mass is 31.1. The molecule has 0 aromatic heterocycles. The third-order valence-corrected chi connectivity index (χ3v) is 17.5. The molecule has 44 heavy (non-hydrogen) atoms. The summed E-state index contributed by atoms with van der Waals surface area (Å²) in [7, 11) is -1.76. The van der Waals surface area contributed by atoms with Gasteiger partial charge in [-0.1, -0.05) is 86.6 Å². The third kappa shape index (κ3) is 6.24. The average molecular weight is 653 g/mol. The second-order valence-electron chi connectivity index (χ2n) is 15.2. The van der Waals surface area contributed by atoms with Crippen LogP contribution in [0, 0.1) is 47.9 Å². The summed E-state index contributed by atoms with van der Waals surface area (Å²) >= 11 is 0. The van der Waals surface area contributed by atoms with Crippen LogP contribution in [-0.2, 0) is 12.4 Å². The lowest BCUT2D eigenvalue weighted by atomic mass is 9.77. The van der Waals surface area contributed by atoms with Gasteiger partial charge in [0.15, 0.2) is 0 Å². The van der Waals surface area contributed by atoms with E-state index in [1.807, 2.05) is 0 Å². The molecule has 3 fully saturated rings. The number of benzene rings is 2. The van der Waals surface area contributed by atoms with E-state index in [0.29, 0.717) is 45.9 Å². The van der Waals surface area contributed by atoms with Crippen molar-refractivity contribution in [3.8, 4) is 12.3 Å². The van der Waals surface area contributed by atoms with E-state index in [4.69, 9.17) is 6.42 Å². The predicted octanol–water partition coefficient (Wildman–Crippen LogP) is 10.5. The summed E-state index contributed by atoms with van der Waals surface area (Å²) in [5.74, 6) is 5.79. The molecule has 8 atom stereocenters. The Kier molecular flexibility index (Phi) is 8.91. The molecule has 4 bridgehead atoms. The van der Waals surface area contributed by atoms with Gasteiger partial charge in [0.25, 0.3) is 0 Å². The van der Waals surface area contributed by atoms with Crippen LogP contribution in [0.5, 0.6) is 0 Å². The lowest BCUT2D eigenvalue weighted by Crippen LogP contribution is -2.39. The van der Waals surface area contributed by atoms with Crippen molar-refractivity contribution in [1.29, 1.82) is 0 Å². The monoisotopic (exact) mass is 652 g/mol. The Morgan fingerprint density at radius 3 is 1.52 bits per heavy atom. The van der Waals surface area contributed by atoms with Crippen molar-refractivity contribution in [3.63, 3.8) is 0 Å². The first kappa shape index (κ1) is 33.8. The lowest BCUT2D eigenvalue weighted by molar-refractivity contribution is -0.138. The normalized spacial score (nSPS) is 29.7. The molecule has 2 aromatic carbocycles. The van der Waals surface area contributed by atoms with E-state index < -0.39 is 31.4 Å². The van der Waals surface area contributed by atoms with Crippen molar-refractivity contribution in [2.75, 3.05) is 0 Å². The second kappa shape index (κ2) is 11.6. The van der Waals surface area contributed by atoms with Gasteiger partial charge in [-0.3, -0.25) is 0 Å². The molecule has 3 aliphatic rings. The number of hydrogen-bond acceptors (Lipinski definition) is 0. The summed E-state index contributed by atoms with van der Waals surface area (Å²) in [6.45, 7) is 16.6. The van der Waals surface area contributed by atoms with Gasteiger partial charge in [0.05, 0.1) is 16.8 Å². The first-order chi connectivity index (χ1) is 20.2. The fourth-order valence-corrected chi connectivity index (χ4v) is 17.7. The first-order valence-corrected chi connectivity index (χ1v) is 18.4. The Morgan fingerprint density at radius 1 is 0.682 bits per heavy atom. The van der Waals surface area contributed by atoms with Gasteiger partial charge in [-0.15, -0.1) is 6.42 Å². The second-order valence-corrected chi connectivity index (χ2v) is 21.7. The molecular weight excluding hydrogens is 608 g/mol. The molecule has 0 amide bonds. The molecule has 5 rings (SSSR count). The Hall–Kier alpha value is -1.56. The first-order valence-electron chi connectivity index (χ1n) is 15.6. The molecule has 0 spiro atoms. The van der Waals surface area contributed by atoms with Crippen LogP contribution in [0.4, 0.5) is 26.3 Å². The minimum absolute atomic E-state index is 0.162. The molecule has 0 N–H and O–H groups in total. The van der Waals surface area contributed by atoms with Gasteiger partial charge in [0, 0.05) is 0 Å². The molecule has 4 unspecified atom stereocenters. The van der Waals surface area contributed by atoms with E-state index in [1.165, 1.54) is 37.1 Å². The maximum absolute atomic E-state index is 13.5. The van der Waals surface area contributed by atoms with Crippen LogP contribution in [-0.4, -0.2) is 21.6 Å². The fraction of sp³-hybridized carbons (Fsp3) is 0.611. The largest absolute Gasteiger partial charge is 0.416 e. The number of terminal acetylenes is 1. The van der Waals surface area contributed by atoms with Crippen LogP contribution in [0.1, 0.15) is 78.9 Å². The van der Waals surface area contributed by atoms with E-state index in [2.05, 4.69) is 54.4 Å². The quantitative estimate of drug-likeness (QED) is 0.171. The topological polar surface area (TPSA) is 0 Å². The minimum atomic E-state index is -4.48. The Bertz CT molecular complexity index is 1290. The molecule has 8 heteroatoms. The number of fused-ring (bicyclic) bond motifs is 6. The van der Waals surface area contributed by atoms with Gasteiger partial charge in [-0.25, -0.2) is 0 Å². The lowest BCUT2D eigenvalue weighted by Gasteiger charge is -2.49. The minimum Gasteiger partial charge on any atom is -0.166 e. The molecule has 0 heterocycles. The highest BCUT2D eigenvalue weighted by Gasteiger charge is 2.61. The third-order valence-electron chi connectivity index (χ3n) is 10.6. The molecule has 0 saturated heterocycles. The summed E-state index contributed by atoms with van der Waals surface area (Å²) in [4.78, 5) is 0. The molecule has 3 saturated carbocycles. The molecule has 0 aliphatic heterocycles. The summed E-state index contributed by atoms with van der Waals surface area (Å²) < 4.78 is 81.0. The summed E-state index contributed by atoms with van der Waals surface area (Å²) in [6.07, 6.45) is 1.04. The SMILES string of the molecule is C#C[C@H]([C@H]1C2CC(C3CC2[C@@H](P(C(C)(C)C)C(C)(C)C)C3)[C@H]1C)P(c1ccc(C(F)(F)F)cc1)c1ccc(C(F)(F)F)cc1. The van der Waals surface area contributed by atoms with E-state index in [1.54, 1.807) is 0 Å². The Morgan fingerprint density at radius 2 is 1.14 bits per heavy atom. The fourth-order valence-electron chi connectivity index (χ4n) is 9.61. The number of rotatable bonds is 5. The van der Waals surface area contributed by atoms with E-state index >= 15 is 0 Å². The Labute approximate surface area is 261 Å². The highest BCUT2D eigenvalue weighted by molar-refractivity contribution is 7.73. The van der Waals surface area contributed by atoms with Crippen molar-refractivity contribution in [2.24, 2.45) is 35.5 Å². The maximum Gasteiger partial charge on any atom is 0.416 e. The van der Waals surface area contributed by atoms with Crippen LogP contribution in [0.25, 0.3) is 0 Å². The zero-order valence-electron chi connectivity index (χ0n) is 26.6.